The summed E-state index contributed by atoms with van der Waals surface area (Å²) in [5.41, 5.74) is 4.42. The fourth-order valence-corrected chi connectivity index (χ4v) is 2.02. The minimum atomic E-state index is 0.000839. The molecule has 3 heteroatoms. The lowest BCUT2D eigenvalue weighted by Gasteiger charge is -2.03. The quantitative estimate of drug-likeness (QED) is 0.763. The van der Waals surface area contributed by atoms with Crippen molar-refractivity contribution in [3.8, 4) is 11.3 Å². The van der Waals surface area contributed by atoms with Gasteiger partial charge in [0.1, 0.15) is 0 Å². The Hall–Kier alpha value is -1.35. The molecule has 0 radical (unpaired) electrons. The van der Waals surface area contributed by atoms with Crippen molar-refractivity contribution in [1.82, 2.24) is 4.98 Å². The first-order valence-corrected chi connectivity index (χ1v) is 5.30. The average Bonchev–Trinajstić information content (AvgIpc) is 2.56. The van der Waals surface area contributed by atoms with Crippen LogP contribution in [0.4, 0.5) is 0 Å². The van der Waals surface area contributed by atoms with Gasteiger partial charge in [-0.05, 0) is 25.5 Å². The summed E-state index contributed by atoms with van der Waals surface area (Å²) < 4.78 is 0. The Morgan fingerprint density at radius 3 is 2.71 bits per heavy atom. The van der Waals surface area contributed by atoms with Gasteiger partial charge in [0.25, 0.3) is 0 Å². The molecule has 1 heterocycles. The molecule has 72 valence electrons. The van der Waals surface area contributed by atoms with Crippen LogP contribution in [0.5, 0.6) is 0 Å². The third-order valence-corrected chi connectivity index (χ3v) is 2.87. The van der Waals surface area contributed by atoms with E-state index in [4.69, 9.17) is 0 Å². The summed E-state index contributed by atoms with van der Waals surface area (Å²) in [6.45, 7) is 4.10. The lowest BCUT2D eigenvalue weighted by molar-refractivity contribution is 1.31. The number of aromatic nitrogens is 1. The minimum absolute atomic E-state index is 0.000839. The van der Waals surface area contributed by atoms with Gasteiger partial charge < -0.3 is 4.98 Å². The highest BCUT2D eigenvalue weighted by molar-refractivity contribution is 7.07. The molecular formula is C11H11NOS. The number of H-pyrrole nitrogens is 1. The second-order valence-electron chi connectivity index (χ2n) is 3.38. The molecule has 1 aromatic heterocycles. The SMILES string of the molecule is Cc1ccc(C)c(-c2csc(=O)[nH]2)c1. The van der Waals surface area contributed by atoms with Gasteiger partial charge in [0.05, 0.1) is 5.69 Å². The Morgan fingerprint density at radius 1 is 1.29 bits per heavy atom. The molecule has 2 rings (SSSR count). The summed E-state index contributed by atoms with van der Waals surface area (Å²) >= 11 is 1.20. The molecule has 1 N–H and O–H groups in total. The van der Waals surface area contributed by atoms with Crippen molar-refractivity contribution in [3.63, 3.8) is 0 Å². The zero-order valence-corrected chi connectivity index (χ0v) is 8.94. The molecule has 0 spiro atoms. The van der Waals surface area contributed by atoms with Crippen LogP contribution in [0.25, 0.3) is 11.3 Å². The van der Waals surface area contributed by atoms with Crippen LogP contribution >= 0.6 is 11.3 Å². The highest BCUT2D eigenvalue weighted by Crippen LogP contribution is 2.22. The van der Waals surface area contributed by atoms with Gasteiger partial charge in [-0.3, -0.25) is 4.79 Å². The number of hydrogen-bond donors (Lipinski definition) is 1. The molecule has 0 unspecified atom stereocenters. The second kappa shape index (κ2) is 3.42. The van der Waals surface area contributed by atoms with E-state index in [1.54, 1.807) is 0 Å². The summed E-state index contributed by atoms with van der Waals surface area (Å²) in [5.74, 6) is 0. The predicted octanol–water partition coefficient (Wildman–Crippen LogP) is 2.72. The van der Waals surface area contributed by atoms with E-state index in [1.807, 2.05) is 19.2 Å². The van der Waals surface area contributed by atoms with Crippen LogP contribution < -0.4 is 4.87 Å². The highest BCUT2D eigenvalue weighted by atomic mass is 32.1. The van der Waals surface area contributed by atoms with Crippen LogP contribution in [-0.2, 0) is 0 Å². The van der Waals surface area contributed by atoms with Gasteiger partial charge in [0.15, 0.2) is 0 Å². The van der Waals surface area contributed by atoms with E-state index in [0.717, 1.165) is 11.3 Å². The van der Waals surface area contributed by atoms with Crippen LogP contribution in [0, 0.1) is 13.8 Å². The molecule has 0 aliphatic heterocycles. The van der Waals surface area contributed by atoms with Crippen molar-refractivity contribution < 1.29 is 0 Å². The lowest BCUT2D eigenvalue weighted by atomic mass is 10.0. The van der Waals surface area contributed by atoms with Gasteiger partial charge in [-0.15, -0.1) is 0 Å². The minimum Gasteiger partial charge on any atom is -0.312 e. The maximum atomic E-state index is 11.0. The number of aromatic amines is 1. The maximum Gasteiger partial charge on any atom is 0.304 e. The third kappa shape index (κ3) is 1.63. The van der Waals surface area contributed by atoms with Crippen LogP contribution in [0.1, 0.15) is 11.1 Å². The van der Waals surface area contributed by atoms with E-state index < -0.39 is 0 Å². The van der Waals surface area contributed by atoms with Gasteiger partial charge in [0, 0.05) is 10.9 Å². The van der Waals surface area contributed by atoms with E-state index in [-0.39, 0.29) is 4.87 Å². The van der Waals surface area contributed by atoms with Crippen LogP contribution in [0.2, 0.25) is 0 Å². The van der Waals surface area contributed by atoms with Crippen LogP contribution in [0.15, 0.2) is 28.4 Å². The Bertz CT molecular complexity index is 510. The zero-order chi connectivity index (χ0) is 10.1. The molecule has 0 atom stereocenters. The standard InChI is InChI=1S/C11H11NOS/c1-7-3-4-8(2)9(5-7)10-6-14-11(13)12-10/h3-6H,1-2H3,(H,12,13). The summed E-state index contributed by atoms with van der Waals surface area (Å²) in [6, 6.07) is 6.23. The van der Waals surface area contributed by atoms with Crippen molar-refractivity contribution in [2.75, 3.05) is 0 Å². The maximum absolute atomic E-state index is 11.0. The van der Waals surface area contributed by atoms with Crippen molar-refractivity contribution in [2.45, 2.75) is 13.8 Å². The molecule has 0 bridgehead atoms. The summed E-state index contributed by atoms with van der Waals surface area (Å²) in [5, 5.41) is 1.87. The van der Waals surface area contributed by atoms with Crippen molar-refractivity contribution >= 4 is 11.3 Å². The van der Waals surface area contributed by atoms with E-state index in [0.29, 0.717) is 0 Å². The number of benzene rings is 1. The number of nitrogens with one attached hydrogen (secondary N) is 1. The van der Waals surface area contributed by atoms with E-state index in [2.05, 4.69) is 23.2 Å². The first-order chi connectivity index (χ1) is 6.66. The monoisotopic (exact) mass is 205 g/mol. The average molecular weight is 205 g/mol. The molecule has 0 aliphatic carbocycles. The van der Waals surface area contributed by atoms with Gasteiger partial charge in [-0.1, -0.05) is 29.0 Å². The molecule has 0 fully saturated rings. The molecule has 0 amide bonds. The second-order valence-corrected chi connectivity index (χ2v) is 4.22. The molecule has 2 nitrogen and oxygen atoms in total. The fourth-order valence-electron chi connectivity index (χ4n) is 1.44. The largest absolute Gasteiger partial charge is 0.312 e. The first-order valence-electron chi connectivity index (χ1n) is 4.42. The summed E-state index contributed by atoms with van der Waals surface area (Å²) in [6.07, 6.45) is 0. The Kier molecular flexibility index (Phi) is 2.25. The van der Waals surface area contributed by atoms with Gasteiger partial charge in [-0.25, -0.2) is 0 Å². The highest BCUT2D eigenvalue weighted by Gasteiger charge is 2.03. The van der Waals surface area contributed by atoms with Crippen molar-refractivity contribution in [1.29, 1.82) is 0 Å². The number of rotatable bonds is 1. The Balaban J connectivity index is 2.61. The van der Waals surface area contributed by atoms with Gasteiger partial charge >= 0.3 is 4.87 Å². The van der Waals surface area contributed by atoms with Gasteiger partial charge in [-0.2, -0.15) is 0 Å². The Labute approximate surface area is 86.2 Å². The number of hydrogen-bond acceptors (Lipinski definition) is 2. The molecule has 0 saturated heterocycles. The lowest BCUT2D eigenvalue weighted by Crippen LogP contribution is -1.93. The number of aryl methyl sites for hydroxylation is 2. The zero-order valence-electron chi connectivity index (χ0n) is 8.13. The topological polar surface area (TPSA) is 32.9 Å². The van der Waals surface area contributed by atoms with Crippen molar-refractivity contribution in [2.24, 2.45) is 0 Å². The first kappa shape index (κ1) is 9.21. The smallest absolute Gasteiger partial charge is 0.304 e. The molecule has 0 aliphatic rings. The molecule has 0 saturated carbocycles. The normalized spacial score (nSPS) is 10.4. The van der Waals surface area contributed by atoms with E-state index in [9.17, 15) is 4.79 Å². The summed E-state index contributed by atoms with van der Waals surface area (Å²) in [7, 11) is 0. The molecule has 2 aromatic rings. The number of thiazole rings is 1. The molecule has 14 heavy (non-hydrogen) atoms. The fraction of sp³-hybridized carbons (Fsp3) is 0.182. The van der Waals surface area contributed by atoms with E-state index >= 15 is 0 Å². The van der Waals surface area contributed by atoms with Crippen LogP contribution in [0.3, 0.4) is 0 Å². The van der Waals surface area contributed by atoms with Gasteiger partial charge in [0.2, 0.25) is 0 Å². The third-order valence-electron chi connectivity index (χ3n) is 2.20. The summed E-state index contributed by atoms with van der Waals surface area (Å²) in [4.78, 5) is 13.8. The van der Waals surface area contributed by atoms with Crippen molar-refractivity contribution in [3.05, 3.63) is 44.4 Å². The van der Waals surface area contributed by atoms with Crippen LogP contribution in [-0.4, -0.2) is 4.98 Å². The molecule has 1 aromatic carbocycles. The molecular weight excluding hydrogens is 194 g/mol. The predicted molar refractivity (Wildman–Crippen MR) is 59.8 cm³/mol. The van der Waals surface area contributed by atoms with E-state index in [1.165, 1.54) is 22.5 Å². The Morgan fingerprint density at radius 2 is 2.07 bits per heavy atom.